The van der Waals surface area contributed by atoms with Crippen molar-refractivity contribution in [1.29, 1.82) is 0 Å². The molecule has 3 aromatic rings. The zero-order valence-electron chi connectivity index (χ0n) is 17.2. The van der Waals surface area contributed by atoms with E-state index in [0.29, 0.717) is 41.1 Å². The molecular formula is C22H22N4O4S. The van der Waals surface area contributed by atoms with Crippen LogP contribution in [0.25, 0.3) is 0 Å². The van der Waals surface area contributed by atoms with Crippen LogP contribution in [0.5, 0.6) is 0 Å². The van der Waals surface area contributed by atoms with E-state index in [0.717, 1.165) is 12.0 Å². The van der Waals surface area contributed by atoms with Crippen molar-refractivity contribution in [2.24, 2.45) is 5.10 Å². The first-order valence-electron chi connectivity index (χ1n) is 9.84. The molecule has 160 valence electrons. The Balaban J connectivity index is 1.60. The van der Waals surface area contributed by atoms with Crippen molar-refractivity contribution >= 4 is 27.3 Å². The van der Waals surface area contributed by atoms with Crippen molar-refractivity contribution < 1.29 is 17.6 Å². The highest BCUT2D eigenvalue weighted by Crippen LogP contribution is 2.30. The van der Waals surface area contributed by atoms with Gasteiger partial charge in [0.1, 0.15) is 5.76 Å². The first-order valence-corrected chi connectivity index (χ1v) is 11.3. The quantitative estimate of drug-likeness (QED) is 0.591. The van der Waals surface area contributed by atoms with Gasteiger partial charge in [-0.05, 0) is 51.0 Å². The fourth-order valence-electron chi connectivity index (χ4n) is 3.51. The number of benzene rings is 1. The molecule has 0 saturated carbocycles. The fraction of sp³-hybridized carbons (Fsp3) is 0.227. The minimum absolute atomic E-state index is 0.138. The molecule has 2 N–H and O–H groups in total. The molecule has 0 fully saturated rings. The number of hydrogen-bond acceptors (Lipinski definition) is 6. The number of anilines is 1. The summed E-state index contributed by atoms with van der Waals surface area (Å²) in [7, 11) is -3.80. The Morgan fingerprint density at radius 3 is 2.61 bits per heavy atom. The summed E-state index contributed by atoms with van der Waals surface area (Å²) in [5, 5.41) is 6.95. The number of aromatic nitrogens is 1. The van der Waals surface area contributed by atoms with Gasteiger partial charge in [0.15, 0.2) is 5.76 Å². The molecule has 0 spiro atoms. The highest BCUT2D eigenvalue weighted by molar-refractivity contribution is 7.89. The summed E-state index contributed by atoms with van der Waals surface area (Å²) in [6.45, 7) is 3.66. The van der Waals surface area contributed by atoms with Crippen molar-refractivity contribution in [2.45, 2.75) is 38.0 Å². The van der Waals surface area contributed by atoms with Crippen molar-refractivity contribution in [1.82, 2.24) is 9.82 Å². The third-order valence-corrected chi connectivity index (χ3v) is 6.31. The zero-order valence-corrected chi connectivity index (χ0v) is 18.0. The van der Waals surface area contributed by atoms with E-state index in [1.807, 2.05) is 6.92 Å². The Hall–Kier alpha value is -3.46. The number of hydrogen-bond donors (Lipinski definition) is 2. The molecule has 0 bridgehead atoms. The largest absolute Gasteiger partial charge is 0.455 e. The fourth-order valence-corrected chi connectivity index (χ4v) is 4.34. The van der Waals surface area contributed by atoms with E-state index in [9.17, 15) is 13.2 Å². The summed E-state index contributed by atoms with van der Waals surface area (Å²) >= 11 is 0. The molecular weight excluding hydrogens is 416 g/mol. The molecule has 0 aliphatic heterocycles. The molecule has 8 nitrogen and oxygen atoms in total. The lowest BCUT2D eigenvalue weighted by atomic mass is 9.93. The summed E-state index contributed by atoms with van der Waals surface area (Å²) in [5.41, 5.74) is 3.39. The van der Waals surface area contributed by atoms with Crippen LogP contribution in [0.15, 0.2) is 63.2 Å². The van der Waals surface area contributed by atoms with Gasteiger partial charge in [-0.25, -0.2) is 0 Å². The number of aryl methyl sites for hydroxylation is 2. The number of carbonyl (C=O) groups is 1. The third kappa shape index (κ3) is 4.36. The number of amides is 1. The average Bonchev–Trinajstić information content (AvgIpc) is 3.11. The van der Waals surface area contributed by atoms with Crippen LogP contribution in [0, 0.1) is 13.8 Å². The number of hydrazone groups is 1. The van der Waals surface area contributed by atoms with E-state index in [1.54, 1.807) is 43.6 Å². The normalized spacial score (nSPS) is 14.8. The van der Waals surface area contributed by atoms with Crippen molar-refractivity contribution in [3.8, 4) is 0 Å². The van der Waals surface area contributed by atoms with Crippen LogP contribution >= 0.6 is 0 Å². The summed E-state index contributed by atoms with van der Waals surface area (Å²) in [4.78, 5) is 19.1. The Morgan fingerprint density at radius 1 is 1.13 bits per heavy atom. The lowest BCUT2D eigenvalue weighted by Crippen LogP contribution is -2.22. The molecule has 1 amide bonds. The molecule has 31 heavy (non-hydrogen) atoms. The molecule has 2 heterocycles. The van der Waals surface area contributed by atoms with Gasteiger partial charge >= 0.3 is 0 Å². The van der Waals surface area contributed by atoms with Crippen molar-refractivity contribution in [3.05, 3.63) is 77.0 Å². The molecule has 1 aliphatic carbocycles. The molecule has 1 aromatic carbocycles. The lowest BCUT2D eigenvalue weighted by Gasteiger charge is -2.14. The molecule has 0 saturated heterocycles. The first kappa shape index (κ1) is 20.8. The number of fused-ring (bicyclic) bond motifs is 1. The maximum atomic E-state index is 12.7. The van der Waals surface area contributed by atoms with E-state index in [4.69, 9.17) is 4.42 Å². The number of rotatable bonds is 5. The predicted octanol–water partition coefficient (Wildman–Crippen LogP) is 3.56. The Morgan fingerprint density at radius 2 is 1.90 bits per heavy atom. The Kier molecular flexibility index (Phi) is 5.60. The topological polar surface area (TPSA) is 114 Å². The van der Waals surface area contributed by atoms with E-state index in [1.165, 1.54) is 12.1 Å². The highest BCUT2D eigenvalue weighted by Gasteiger charge is 2.28. The van der Waals surface area contributed by atoms with Crippen LogP contribution in [-0.4, -0.2) is 25.0 Å². The average molecular weight is 439 g/mol. The van der Waals surface area contributed by atoms with E-state index in [-0.39, 0.29) is 16.6 Å². The number of nitrogens with zero attached hydrogens (tertiary/aromatic N) is 2. The molecule has 1 aliphatic rings. The minimum Gasteiger partial charge on any atom is -0.455 e. The number of sulfonamides is 1. The summed E-state index contributed by atoms with van der Waals surface area (Å²) in [6.07, 6.45) is 5.14. The maximum Gasteiger partial charge on any atom is 0.291 e. The number of carbonyl (C=O) groups excluding carboxylic acids is 1. The number of nitrogens with one attached hydrogen (secondary N) is 2. The van der Waals surface area contributed by atoms with Crippen LogP contribution in [0.4, 0.5) is 5.69 Å². The van der Waals surface area contributed by atoms with Crippen LogP contribution in [0.2, 0.25) is 0 Å². The summed E-state index contributed by atoms with van der Waals surface area (Å²) in [6, 6.07) is 9.99. The van der Waals surface area contributed by atoms with Gasteiger partial charge in [0, 0.05) is 23.7 Å². The molecule has 9 heteroatoms. The second kappa shape index (κ2) is 8.35. The van der Waals surface area contributed by atoms with Crippen LogP contribution < -0.4 is 10.1 Å². The third-order valence-electron chi connectivity index (χ3n) is 5.08. The lowest BCUT2D eigenvalue weighted by molar-refractivity contribution is 0.0994. The molecule has 0 atom stereocenters. The molecule has 0 radical (unpaired) electrons. The van der Waals surface area contributed by atoms with Gasteiger partial charge in [0.25, 0.3) is 15.9 Å². The standard InChI is InChI=1S/C22H22N4O4S/c1-14-8-10-17(11-9-14)31(28,29)26-25-18-6-3-7-19-20(18)15(2)21(30-19)22(27)24-16-5-4-12-23-13-16/h4-5,8-13,26H,3,6-7H2,1-2H3,(H,24,27)/b25-18+. The monoisotopic (exact) mass is 438 g/mol. The zero-order chi connectivity index (χ0) is 22.0. The second-order valence-electron chi connectivity index (χ2n) is 7.37. The Bertz CT molecular complexity index is 1250. The molecule has 2 aromatic heterocycles. The minimum atomic E-state index is -3.80. The van der Waals surface area contributed by atoms with Gasteiger partial charge in [-0.1, -0.05) is 17.7 Å². The van der Waals surface area contributed by atoms with Crippen LogP contribution in [0.1, 0.15) is 45.8 Å². The van der Waals surface area contributed by atoms with E-state index in [2.05, 4.69) is 20.2 Å². The van der Waals surface area contributed by atoms with Gasteiger partial charge in [-0.15, -0.1) is 0 Å². The van der Waals surface area contributed by atoms with Gasteiger partial charge in [0.05, 0.1) is 22.5 Å². The molecule has 0 unspecified atom stereocenters. The maximum absolute atomic E-state index is 12.7. The Labute approximate surface area is 180 Å². The predicted molar refractivity (Wildman–Crippen MR) is 117 cm³/mol. The highest BCUT2D eigenvalue weighted by atomic mass is 32.2. The second-order valence-corrected chi connectivity index (χ2v) is 9.03. The van der Waals surface area contributed by atoms with Crippen molar-refractivity contribution in [3.63, 3.8) is 0 Å². The van der Waals surface area contributed by atoms with Gasteiger partial charge in [-0.2, -0.15) is 18.4 Å². The SMILES string of the molecule is Cc1ccc(S(=O)(=O)N/N=C2\CCCc3oc(C(=O)Nc4cccnc4)c(C)c32)cc1. The van der Waals surface area contributed by atoms with Crippen LogP contribution in [-0.2, 0) is 16.4 Å². The van der Waals surface area contributed by atoms with E-state index < -0.39 is 10.0 Å². The number of furan rings is 1. The first-order chi connectivity index (χ1) is 14.8. The van der Waals surface area contributed by atoms with Gasteiger partial charge < -0.3 is 9.73 Å². The van der Waals surface area contributed by atoms with Gasteiger partial charge in [-0.3, -0.25) is 9.78 Å². The van der Waals surface area contributed by atoms with Crippen molar-refractivity contribution in [2.75, 3.05) is 5.32 Å². The summed E-state index contributed by atoms with van der Waals surface area (Å²) in [5.74, 6) is 0.428. The summed E-state index contributed by atoms with van der Waals surface area (Å²) < 4.78 is 31.0. The van der Waals surface area contributed by atoms with E-state index >= 15 is 0 Å². The van der Waals surface area contributed by atoms with Crippen LogP contribution in [0.3, 0.4) is 0 Å². The number of pyridine rings is 1. The smallest absolute Gasteiger partial charge is 0.291 e. The molecule has 4 rings (SSSR count). The van der Waals surface area contributed by atoms with Gasteiger partial charge in [0.2, 0.25) is 0 Å².